The average molecular weight is 428 g/mol. The molecule has 1 unspecified atom stereocenters. The predicted octanol–water partition coefficient (Wildman–Crippen LogP) is 4.98. The van der Waals surface area contributed by atoms with Gasteiger partial charge in [-0.2, -0.15) is 12.3 Å². The van der Waals surface area contributed by atoms with Crippen LogP contribution in [-0.4, -0.2) is 27.3 Å². The van der Waals surface area contributed by atoms with E-state index in [1.807, 2.05) is 55.5 Å². The highest BCUT2D eigenvalue weighted by Gasteiger charge is 2.46. The number of nitrogens with zero attached hydrogens (tertiary/aromatic N) is 1. The fourth-order valence-electron chi connectivity index (χ4n) is 3.87. The van der Waals surface area contributed by atoms with Gasteiger partial charge < -0.3 is 10.5 Å². The van der Waals surface area contributed by atoms with Crippen LogP contribution in [0.3, 0.4) is 0 Å². The van der Waals surface area contributed by atoms with E-state index >= 15 is 0 Å². The summed E-state index contributed by atoms with van der Waals surface area (Å²) in [6.45, 7) is 8.47. The second-order valence-electron chi connectivity index (χ2n) is 7.88. The molecule has 0 saturated carbocycles. The molecule has 2 N–H and O–H groups in total. The third kappa shape index (κ3) is 3.95. The summed E-state index contributed by atoms with van der Waals surface area (Å²) in [7, 11) is -3.50. The van der Waals surface area contributed by atoms with Crippen molar-refractivity contribution < 1.29 is 13.2 Å². The highest BCUT2D eigenvalue weighted by molar-refractivity contribution is 7.91. The first-order valence-corrected chi connectivity index (χ1v) is 11.9. The number of aryl methyl sites for hydroxylation is 1. The van der Waals surface area contributed by atoms with E-state index in [1.165, 1.54) is 0 Å². The van der Waals surface area contributed by atoms with Crippen LogP contribution in [0, 0.1) is 6.92 Å². The number of hydrogen-bond donors (Lipinski definition) is 1. The smallest absolute Gasteiger partial charge is 0.306 e. The van der Waals surface area contributed by atoms with Crippen LogP contribution in [0.4, 0.5) is 5.69 Å². The monoisotopic (exact) mass is 427 g/mol. The fraction of sp³-hybridized carbons (Fsp3) is 0.333. The van der Waals surface area contributed by atoms with Crippen molar-refractivity contribution in [2.24, 2.45) is 5.73 Å². The Bertz CT molecular complexity index is 1070. The zero-order valence-electron chi connectivity index (χ0n) is 18.1. The third-order valence-electron chi connectivity index (χ3n) is 5.57. The van der Waals surface area contributed by atoms with Crippen LogP contribution in [0.15, 0.2) is 66.4 Å². The molecule has 2 aromatic rings. The van der Waals surface area contributed by atoms with Gasteiger partial charge in [-0.15, -0.1) is 0 Å². The van der Waals surface area contributed by atoms with E-state index < -0.39 is 10.0 Å². The molecule has 2 aromatic carbocycles. The zero-order valence-corrected chi connectivity index (χ0v) is 18.9. The molecule has 0 saturated heterocycles. The van der Waals surface area contributed by atoms with Crippen molar-refractivity contribution in [2.75, 3.05) is 18.8 Å². The Hall–Kier alpha value is -2.41. The molecule has 0 amide bonds. The molecule has 6 heteroatoms. The van der Waals surface area contributed by atoms with Crippen LogP contribution in [0.2, 0.25) is 0 Å². The Balaban J connectivity index is 2.01. The zero-order chi connectivity index (χ0) is 21.9. The molecule has 1 atom stereocenters. The maximum Gasteiger partial charge on any atom is 0.306 e. The molecule has 0 radical (unpaired) electrons. The third-order valence-corrected chi connectivity index (χ3v) is 7.85. The summed E-state index contributed by atoms with van der Waals surface area (Å²) in [6.07, 6.45) is 5.55. The summed E-state index contributed by atoms with van der Waals surface area (Å²) in [5, 5.41) is 0. The summed E-state index contributed by atoms with van der Waals surface area (Å²) in [4.78, 5) is 0. The Morgan fingerprint density at radius 1 is 1.13 bits per heavy atom. The van der Waals surface area contributed by atoms with E-state index in [2.05, 4.69) is 26.0 Å². The van der Waals surface area contributed by atoms with Crippen LogP contribution < -0.4 is 14.4 Å². The topological polar surface area (TPSA) is 69.4 Å². The first-order chi connectivity index (χ1) is 14.2. The lowest BCUT2D eigenvalue weighted by molar-refractivity contribution is 0.469. The molecule has 0 spiro atoms. The summed E-state index contributed by atoms with van der Waals surface area (Å²) in [6, 6.07) is 13.5. The average Bonchev–Trinajstić information content (AvgIpc) is 2.73. The largest absolute Gasteiger partial charge is 0.457 e. The van der Waals surface area contributed by atoms with E-state index in [-0.39, 0.29) is 16.2 Å². The molecule has 0 bridgehead atoms. The molecule has 5 nitrogen and oxygen atoms in total. The van der Waals surface area contributed by atoms with E-state index in [9.17, 15) is 8.42 Å². The van der Waals surface area contributed by atoms with E-state index in [1.54, 1.807) is 6.92 Å². The van der Waals surface area contributed by atoms with Gasteiger partial charge >= 0.3 is 10.0 Å². The molecule has 0 fully saturated rings. The van der Waals surface area contributed by atoms with Gasteiger partial charge in [0.2, 0.25) is 0 Å². The molecule has 30 heavy (non-hydrogen) atoms. The number of sulfonamides is 1. The lowest BCUT2D eigenvalue weighted by Gasteiger charge is -2.37. The molecule has 1 heterocycles. The second-order valence-corrected chi connectivity index (χ2v) is 10.2. The van der Waals surface area contributed by atoms with Gasteiger partial charge in [0, 0.05) is 12.1 Å². The lowest BCUT2D eigenvalue weighted by atomic mass is 10.0. The Labute approximate surface area is 180 Å². The van der Waals surface area contributed by atoms with Gasteiger partial charge in [-0.05, 0) is 61.2 Å². The Kier molecular flexibility index (Phi) is 6.50. The highest BCUT2D eigenvalue weighted by atomic mass is 32.2. The molecule has 1 aliphatic heterocycles. The van der Waals surface area contributed by atoms with Crippen LogP contribution in [-0.2, 0) is 10.0 Å². The minimum atomic E-state index is -3.50. The van der Waals surface area contributed by atoms with Crippen molar-refractivity contribution in [3.63, 3.8) is 0 Å². The summed E-state index contributed by atoms with van der Waals surface area (Å²) >= 11 is 0. The number of hydrogen-bond acceptors (Lipinski definition) is 4. The Morgan fingerprint density at radius 3 is 2.43 bits per heavy atom. The summed E-state index contributed by atoms with van der Waals surface area (Å²) in [5.74, 6) is 1.86. The van der Waals surface area contributed by atoms with Crippen LogP contribution in [0.25, 0.3) is 0 Å². The number of ether oxygens (including phenoxy) is 1. The summed E-state index contributed by atoms with van der Waals surface area (Å²) < 4.78 is 32.3. The molecular weight excluding hydrogens is 396 g/mol. The minimum Gasteiger partial charge on any atom is -0.457 e. The normalized spacial score (nSPS) is 19.1. The van der Waals surface area contributed by atoms with Crippen molar-refractivity contribution >= 4 is 15.7 Å². The molecule has 0 aromatic heterocycles. The van der Waals surface area contributed by atoms with Gasteiger partial charge in [-0.25, -0.2) is 0 Å². The van der Waals surface area contributed by atoms with Crippen molar-refractivity contribution in [1.29, 1.82) is 0 Å². The first-order valence-electron chi connectivity index (χ1n) is 10.3. The second kappa shape index (κ2) is 8.76. The molecule has 160 valence electrons. The predicted molar refractivity (Wildman–Crippen MR) is 124 cm³/mol. The van der Waals surface area contributed by atoms with Crippen LogP contribution in [0.5, 0.6) is 11.5 Å². The minimum absolute atomic E-state index is 0.0253. The lowest BCUT2D eigenvalue weighted by Crippen LogP contribution is -2.56. The number of allylic oxidation sites excluding steroid dienone is 2. The maximum absolute atomic E-state index is 13.2. The molecule has 1 aliphatic rings. The van der Waals surface area contributed by atoms with Gasteiger partial charge in [-0.3, -0.25) is 0 Å². The quantitative estimate of drug-likeness (QED) is 0.633. The highest BCUT2D eigenvalue weighted by Crippen LogP contribution is 2.38. The van der Waals surface area contributed by atoms with Crippen LogP contribution in [0.1, 0.15) is 37.8 Å². The van der Waals surface area contributed by atoms with Crippen molar-refractivity contribution in [2.45, 2.75) is 33.6 Å². The van der Waals surface area contributed by atoms with Crippen LogP contribution >= 0.6 is 0 Å². The van der Waals surface area contributed by atoms with Gasteiger partial charge in [-0.1, -0.05) is 32.1 Å². The number of benzene rings is 2. The van der Waals surface area contributed by atoms with E-state index in [4.69, 9.17) is 10.5 Å². The van der Waals surface area contributed by atoms with Gasteiger partial charge in [0.25, 0.3) is 0 Å². The molecule has 3 rings (SSSR count). The molecular formula is C24H31N2O3S+. The maximum atomic E-state index is 13.2. The number of rotatable bonds is 7. The van der Waals surface area contributed by atoms with E-state index in [0.29, 0.717) is 29.6 Å². The number of nitrogens with two attached hydrogens (primary N) is 1. The standard InChI is InChI=1S/C24H31N2O3S/c1-5-30(27,28)26(15-7-6-8-21(26)17-25)20-10-12-22(13-11-20)29-24-16-19(4)9-14-23(24)18(2)3/h6-14,16,18H,5,15,17,25H2,1-4H3/q+1. The van der Waals surface area contributed by atoms with Crippen molar-refractivity contribution in [3.8, 4) is 11.5 Å². The fourth-order valence-corrected chi connectivity index (χ4v) is 5.56. The van der Waals surface area contributed by atoms with E-state index in [0.717, 1.165) is 16.9 Å². The van der Waals surface area contributed by atoms with Gasteiger partial charge in [0.05, 0.1) is 12.3 Å². The molecule has 0 aliphatic carbocycles. The summed E-state index contributed by atoms with van der Waals surface area (Å²) in [5.41, 5.74) is 9.54. The van der Waals surface area contributed by atoms with Gasteiger partial charge in [0.1, 0.15) is 23.7 Å². The SMILES string of the molecule is CCS(=O)(=O)[N+]1(c2ccc(Oc3cc(C)ccc3C(C)C)cc2)CC=CC=C1CN. The van der Waals surface area contributed by atoms with Crippen molar-refractivity contribution in [3.05, 3.63) is 77.5 Å². The van der Waals surface area contributed by atoms with Gasteiger partial charge in [0.15, 0.2) is 5.69 Å². The van der Waals surface area contributed by atoms with Crippen molar-refractivity contribution in [1.82, 2.24) is 3.89 Å². The first kappa shape index (κ1) is 22.3. The number of quaternary nitrogens is 1. The Morgan fingerprint density at radius 2 is 1.83 bits per heavy atom.